The maximum Gasteiger partial charge on any atom is 0.141 e. The van der Waals surface area contributed by atoms with Crippen molar-refractivity contribution in [3.63, 3.8) is 0 Å². The quantitative estimate of drug-likeness (QED) is 0.676. The van der Waals surface area contributed by atoms with Crippen LogP contribution >= 0.6 is 15.9 Å². The summed E-state index contributed by atoms with van der Waals surface area (Å²) in [6.07, 6.45) is 0. The Morgan fingerprint density at radius 2 is 1.95 bits per heavy atom. The molecule has 0 unspecified atom stereocenters. The molecule has 0 fully saturated rings. The summed E-state index contributed by atoms with van der Waals surface area (Å²) < 4.78 is 19.8. The number of hydrogen-bond acceptors (Lipinski definition) is 3. The Balaban J connectivity index is 2.10. The first-order valence-corrected chi connectivity index (χ1v) is 7.12. The van der Waals surface area contributed by atoms with Gasteiger partial charge in [-0.15, -0.1) is 0 Å². The molecule has 3 nitrogen and oxygen atoms in total. The summed E-state index contributed by atoms with van der Waals surface area (Å²) in [5.74, 6) is 0.652. The van der Waals surface area contributed by atoms with Crippen LogP contribution in [0, 0.1) is 12.7 Å². The maximum atomic E-state index is 13.6. The number of aromatic nitrogens is 1. The van der Waals surface area contributed by atoms with Crippen LogP contribution in [0.1, 0.15) is 5.69 Å². The topological polar surface area (TPSA) is 48.1 Å². The van der Waals surface area contributed by atoms with E-state index < -0.39 is 0 Å². The largest absolute Gasteiger partial charge is 0.456 e. The van der Waals surface area contributed by atoms with E-state index in [0.29, 0.717) is 21.7 Å². The molecule has 0 bridgehead atoms. The van der Waals surface area contributed by atoms with Gasteiger partial charge in [0.05, 0.1) is 9.99 Å². The van der Waals surface area contributed by atoms with Crippen molar-refractivity contribution in [2.45, 2.75) is 6.92 Å². The van der Waals surface area contributed by atoms with Gasteiger partial charge in [0, 0.05) is 28.9 Å². The molecule has 0 spiro atoms. The number of anilines is 1. The monoisotopic (exact) mass is 346 g/mol. The SMILES string of the molecule is Cc1cc(Oc2ccc(Br)c(F)c2)c2cc(N)ccc2n1. The molecule has 3 aromatic rings. The molecule has 2 aromatic carbocycles. The molecule has 3 rings (SSSR count). The fourth-order valence-corrected chi connectivity index (χ4v) is 2.34. The summed E-state index contributed by atoms with van der Waals surface area (Å²) in [4.78, 5) is 4.43. The van der Waals surface area contributed by atoms with Gasteiger partial charge in [-0.05, 0) is 53.2 Å². The normalized spacial score (nSPS) is 10.8. The van der Waals surface area contributed by atoms with Gasteiger partial charge in [-0.1, -0.05) is 0 Å². The standard InChI is InChI=1S/C16H12BrFN2O/c1-9-6-16(12-7-10(19)2-5-15(12)20-9)21-11-3-4-13(17)14(18)8-11/h2-8H,19H2,1H3. The molecule has 0 saturated heterocycles. The first-order valence-electron chi connectivity index (χ1n) is 6.33. The van der Waals surface area contributed by atoms with Crippen LogP contribution in [0.15, 0.2) is 46.9 Å². The number of rotatable bonds is 2. The molecule has 0 aliphatic carbocycles. The minimum absolute atomic E-state index is 0.373. The van der Waals surface area contributed by atoms with E-state index in [-0.39, 0.29) is 5.82 Å². The predicted octanol–water partition coefficient (Wildman–Crippen LogP) is 4.82. The highest BCUT2D eigenvalue weighted by Gasteiger charge is 2.08. The number of fused-ring (bicyclic) bond motifs is 1. The van der Waals surface area contributed by atoms with Gasteiger partial charge < -0.3 is 10.5 Å². The van der Waals surface area contributed by atoms with Crippen LogP contribution in [0.5, 0.6) is 11.5 Å². The molecule has 0 aliphatic rings. The molecule has 0 saturated carbocycles. The van der Waals surface area contributed by atoms with Crippen LogP contribution in [0.3, 0.4) is 0 Å². The van der Waals surface area contributed by atoms with Crippen LogP contribution in [0.2, 0.25) is 0 Å². The molecule has 21 heavy (non-hydrogen) atoms. The number of hydrogen-bond donors (Lipinski definition) is 1. The second kappa shape index (κ2) is 5.33. The zero-order valence-corrected chi connectivity index (χ0v) is 12.8. The van der Waals surface area contributed by atoms with E-state index in [4.69, 9.17) is 10.5 Å². The summed E-state index contributed by atoms with van der Waals surface area (Å²) >= 11 is 3.12. The number of pyridine rings is 1. The van der Waals surface area contributed by atoms with E-state index in [9.17, 15) is 4.39 Å². The molecule has 0 radical (unpaired) electrons. The van der Waals surface area contributed by atoms with Gasteiger partial charge in [0.15, 0.2) is 0 Å². The highest BCUT2D eigenvalue weighted by molar-refractivity contribution is 9.10. The van der Waals surface area contributed by atoms with E-state index in [1.54, 1.807) is 24.3 Å². The van der Waals surface area contributed by atoms with E-state index in [0.717, 1.165) is 16.6 Å². The van der Waals surface area contributed by atoms with Crippen molar-refractivity contribution in [1.82, 2.24) is 4.98 Å². The molecule has 5 heteroatoms. The molecule has 0 aliphatic heterocycles. The fourth-order valence-electron chi connectivity index (χ4n) is 2.09. The van der Waals surface area contributed by atoms with Crippen molar-refractivity contribution in [2.24, 2.45) is 0 Å². The average molecular weight is 347 g/mol. The zero-order valence-electron chi connectivity index (χ0n) is 11.2. The summed E-state index contributed by atoms with van der Waals surface area (Å²) in [6, 6.07) is 11.9. The summed E-state index contributed by atoms with van der Waals surface area (Å²) in [7, 11) is 0. The summed E-state index contributed by atoms with van der Waals surface area (Å²) in [6.45, 7) is 1.88. The van der Waals surface area contributed by atoms with Crippen LogP contribution in [-0.4, -0.2) is 4.98 Å². The average Bonchev–Trinajstić information content (AvgIpc) is 2.43. The van der Waals surface area contributed by atoms with Crippen molar-refractivity contribution >= 4 is 32.5 Å². The zero-order chi connectivity index (χ0) is 15.0. The number of nitrogens with zero attached hydrogens (tertiary/aromatic N) is 1. The van der Waals surface area contributed by atoms with Gasteiger partial charge >= 0.3 is 0 Å². The lowest BCUT2D eigenvalue weighted by molar-refractivity contribution is 0.480. The van der Waals surface area contributed by atoms with Crippen molar-refractivity contribution in [3.8, 4) is 11.5 Å². The smallest absolute Gasteiger partial charge is 0.141 e. The molecule has 2 N–H and O–H groups in total. The summed E-state index contributed by atoms with van der Waals surface area (Å²) in [5.41, 5.74) is 8.05. The maximum absolute atomic E-state index is 13.6. The lowest BCUT2D eigenvalue weighted by Gasteiger charge is -2.11. The molecular formula is C16H12BrFN2O. The highest BCUT2D eigenvalue weighted by atomic mass is 79.9. The third-order valence-electron chi connectivity index (χ3n) is 3.04. The predicted molar refractivity (Wildman–Crippen MR) is 85.1 cm³/mol. The number of ether oxygens (including phenoxy) is 1. The Hall–Kier alpha value is -2.14. The third kappa shape index (κ3) is 2.83. The van der Waals surface area contributed by atoms with E-state index in [1.807, 2.05) is 19.1 Å². The van der Waals surface area contributed by atoms with Gasteiger partial charge in [-0.25, -0.2) is 4.39 Å². The highest BCUT2D eigenvalue weighted by Crippen LogP contribution is 2.32. The van der Waals surface area contributed by atoms with Crippen LogP contribution < -0.4 is 10.5 Å². The van der Waals surface area contributed by atoms with E-state index in [2.05, 4.69) is 20.9 Å². The Kier molecular flexibility index (Phi) is 3.51. The van der Waals surface area contributed by atoms with Gasteiger partial charge in [-0.2, -0.15) is 0 Å². The van der Waals surface area contributed by atoms with Gasteiger partial charge in [0.25, 0.3) is 0 Å². The molecule has 0 amide bonds. The Labute approximate surface area is 129 Å². The second-order valence-electron chi connectivity index (χ2n) is 4.72. The number of nitrogens with two attached hydrogens (primary N) is 1. The number of benzene rings is 2. The number of aryl methyl sites for hydroxylation is 1. The van der Waals surface area contributed by atoms with Gasteiger partial charge in [-0.3, -0.25) is 4.98 Å². The van der Waals surface area contributed by atoms with Crippen molar-refractivity contribution in [1.29, 1.82) is 0 Å². The molecule has 0 atom stereocenters. The molecule has 106 valence electrons. The minimum atomic E-state index is -0.373. The number of nitrogen functional groups attached to an aromatic ring is 1. The van der Waals surface area contributed by atoms with Crippen LogP contribution in [0.25, 0.3) is 10.9 Å². The van der Waals surface area contributed by atoms with Gasteiger partial charge in [0.2, 0.25) is 0 Å². The fraction of sp³-hybridized carbons (Fsp3) is 0.0625. The van der Waals surface area contributed by atoms with E-state index >= 15 is 0 Å². The van der Waals surface area contributed by atoms with Gasteiger partial charge in [0.1, 0.15) is 17.3 Å². The van der Waals surface area contributed by atoms with Crippen molar-refractivity contribution in [2.75, 3.05) is 5.73 Å². The molecule has 1 aromatic heterocycles. The molecular weight excluding hydrogens is 335 g/mol. The second-order valence-corrected chi connectivity index (χ2v) is 5.57. The Morgan fingerprint density at radius 1 is 1.14 bits per heavy atom. The Bertz CT molecular complexity index is 836. The first kappa shape index (κ1) is 13.8. The molecule has 1 heterocycles. The number of halogens is 2. The Morgan fingerprint density at radius 3 is 2.71 bits per heavy atom. The minimum Gasteiger partial charge on any atom is -0.456 e. The van der Waals surface area contributed by atoms with Crippen LogP contribution in [0.4, 0.5) is 10.1 Å². The van der Waals surface area contributed by atoms with Crippen LogP contribution in [-0.2, 0) is 0 Å². The lowest BCUT2D eigenvalue weighted by atomic mass is 10.1. The lowest BCUT2D eigenvalue weighted by Crippen LogP contribution is -1.93. The van der Waals surface area contributed by atoms with E-state index in [1.165, 1.54) is 6.07 Å². The van der Waals surface area contributed by atoms with Crippen molar-refractivity contribution < 1.29 is 9.13 Å². The van der Waals surface area contributed by atoms with Crippen molar-refractivity contribution in [3.05, 3.63) is 58.4 Å². The summed E-state index contributed by atoms with van der Waals surface area (Å²) in [5, 5.41) is 0.795. The first-order chi connectivity index (χ1) is 10.0. The third-order valence-corrected chi connectivity index (χ3v) is 3.68.